The third-order valence-electron chi connectivity index (χ3n) is 7.06. The van der Waals surface area contributed by atoms with Gasteiger partial charge in [0.2, 0.25) is 0 Å². The van der Waals surface area contributed by atoms with Gasteiger partial charge in [0.1, 0.15) is 19.3 Å². The molecule has 252 valence electrons. The van der Waals surface area contributed by atoms with Gasteiger partial charge in [-0.15, -0.1) is 0 Å². The standard InChI is InChI=1S/C34H70NO6P/c1-8-9-10-11-12-13-14-15-16-17-18-19-20-21-22-23-24-25-26-27-29-38-31-33(41-34(2,3)4)32-40-42(36,37)39-30-28-35(5,6)7/h18-19,33H,8-17,20-32H2,1-7H3/p+1/t33-/m1/s1. The quantitative estimate of drug-likeness (QED) is 0.0373. The minimum absolute atomic E-state index is 0.0517. The van der Waals surface area contributed by atoms with Crippen molar-refractivity contribution in [1.82, 2.24) is 0 Å². The summed E-state index contributed by atoms with van der Waals surface area (Å²) in [7, 11) is 1.86. The van der Waals surface area contributed by atoms with Gasteiger partial charge < -0.3 is 18.9 Å². The smallest absolute Gasteiger partial charge is 0.379 e. The third-order valence-corrected chi connectivity index (χ3v) is 8.05. The van der Waals surface area contributed by atoms with E-state index in [0.29, 0.717) is 24.2 Å². The molecule has 0 saturated carbocycles. The van der Waals surface area contributed by atoms with Gasteiger partial charge in [0.05, 0.1) is 40.0 Å². The highest BCUT2D eigenvalue weighted by molar-refractivity contribution is 7.47. The minimum atomic E-state index is -4.13. The maximum atomic E-state index is 12.2. The van der Waals surface area contributed by atoms with Crippen LogP contribution in [-0.2, 0) is 23.1 Å². The van der Waals surface area contributed by atoms with Crippen molar-refractivity contribution in [2.24, 2.45) is 0 Å². The summed E-state index contributed by atoms with van der Waals surface area (Å²) in [4.78, 5) is 10.0. The van der Waals surface area contributed by atoms with Crippen LogP contribution in [0.4, 0.5) is 0 Å². The number of rotatable bonds is 30. The summed E-state index contributed by atoms with van der Waals surface area (Å²) >= 11 is 0. The van der Waals surface area contributed by atoms with E-state index in [2.05, 4.69) is 19.1 Å². The zero-order valence-electron chi connectivity index (χ0n) is 28.9. The molecule has 0 spiro atoms. The Bertz CT molecular complexity index is 674. The summed E-state index contributed by atoms with van der Waals surface area (Å²) < 4.78 is 35.1. The SMILES string of the molecule is CCCCCCCCCCCC=CCCCCCCCCCOC[C@H](COP(=O)(O)OCC[N+](C)(C)C)OC(C)(C)C. The zero-order chi connectivity index (χ0) is 31.6. The lowest BCUT2D eigenvalue weighted by Gasteiger charge is -2.28. The number of unbranched alkanes of at least 4 members (excludes halogenated alkanes) is 16. The van der Waals surface area contributed by atoms with Crippen molar-refractivity contribution in [3.8, 4) is 0 Å². The summed E-state index contributed by atoms with van der Waals surface area (Å²) in [5, 5.41) is 0. The van der Waals surface area contributed by atoms with Gasteiger partial charge in [-0.1, -0.05) is 103 Å². The van der Waals surface area contributed by atoms with Crippen LogP contribution in [0.5, 0.6) is 0 Å². The predicted octanol–water partition coefficient (Wildman–Crippen LogP) is 9.62. The number of hydrogen-bond acceptors (Lipinski definition) is 5. The van der Waals surface area contributed by atoms with Crippen molar-refractivity contribution in [1.29, 1.82) is 0 Å². The first kappa shape index (κ1) is 41.7. The lowest BCUT2D eigenvalue weighted by Crippen LogP contribution is -2.37. The van der Waals surface area contributed by atoms with E-state index in [0.717, 1.165) is 12.8 Å². The summed E-state index contributed by atoms with van der Waals surface area (Å²) in [6.45, 7) is 9.81. The molecule has 1 N–H and O–H groups in total. The molecule has 0 bridgehead atoms. The summed E-state index contributed by atoms with van der Waals surface area (Å²) in [6, 6.07) is 0. The molecule has 1 unspecified atom stereocenters. The van der Waals surface area contributed by atoms with Gasteiger partial charge in [-0.25, -0.2) is 4.57 Å². The summed E-state index contributed by atoms with van der Waals surface area (Å²) in [5.74, 6) is 0. The molecule has 0 aliphatic rings. The number of ether oxygens (including phenoxy) is 2. The van der Waals surface area contributed by atoms with Crippen molar-refractivity contribution in [3.63, 3.8) is 0 Å². The summed E-state index contributed by atoms with van der Waals surface area (Å²) in [6.07, 6.45) is 28.1. The molecule has 0 rings (SSSR count). The average Bonchev–Trinajstić information content (AvgIpc) is 2.88. The minimum Gasteiger partial charge on any atom is -0.379 e. The van der Waals surface area contributed by atoms with Crippen molar-refractivity contribution < 1.29 is 32.5 Å². The van der Waals surface area contributed by atoms with E-state index < -0.39 is 19.5 Å². The number of phosphoric acid groups is 1. The topological polar surface area (TPSA) is 74.2 Å². The van der Waals surface area contributed by atoms with Crippen LogP contribution < -0.4 is 0 Å². The number of quaternary nitrogens is 1. The van der Waals surface area contributed by atoms with E-state index >= 15 is 0 Å². The normalized spacial score (nSPS) is 15.0. The first-order valence-electron chi connectivity index (χ1n) is 17.2. The van der Waals surface area contributed by atoms with Crippen LogP contribution in [-0.4, -0.2) is 75.2 Å². The first-order chi connectivity index (χ1) is 19.8. The van der Waals surface area contributed by atoms with Crippen molar-refractivity contribution in [2.45, 2.75) is 155 Å². The Kier molecular flexibility index (Phi) is 25.8. The second kappa shape index (κ2) is 26.0. The molecule has 8 heteroatoms. The van der Waals surface area contributed by atoms with Crippen LogP contribution in [0.25, 0.3) is 0 Å². The monoisotopic (exact) mass is 621 g/mol. The van der Waals surface area contributed by atoms with Crippen molar-refractivity contribution in [2.75, 3.05) is 54.1 Å². The largest absolute Gasteiger partial charge is 0.472 e. The van der Waals surface area contributed by atoms with Gasteiger partial charge in [-0.3, -0.25) is 9.05 Å². The Morgan fingerprint density at radius 3 is 1.64 bits per heavy atom. The molecule has 0 amide bonds. The van der Waals surface area contributed by atoms with Gasteiger partial charge in [-0.05, 0) is 52.9 Å². The number of allylic oxidation sites excluding steroid dienone is 2. The van der Waals surface area contributed by atoms with Crippen LogP contribution >= 0.6 is 7.82 Å². The molecule has 0 radical (unpaired) electrons. The molecular weight excluding hydrogens is 549 g/mol. The van der Waals surface area contributed by atoms with E-state index in [4.69, 9.17) is 18.5 Å². The van der Waals surface area contributed by atoms with Crippen molar-refractivity contribution in [3.05, 3.63) is 12.2 Å². The molecule has 0 heterocycles. The van der Waals surface area contributed by atoms with Crippen LogP contribution in [0.1, 0.15) is 143 Å². The Labute approximate surface area is 261 Å². The molecule has 0 aliphatic carbocycles. The van der Waals surface area contributed by atoms with E-state index in [1.54, 1.807) is 0 Å². The predicted molar refractivity (Wildman–Crippen MR) is 178 cm³/mol. The Hall–Kier alpha value is -0.270. The molecule has 0 aromatic rings. The third kappa shape index (κ3) is 32.6. The molecule has 2 atom stereocenters. The molecule has 42 heavy (non-hydrogen) atoms. The van der Waals surface area contributed by atoms with Gasteiger partial charge in [0, 0.05) is 6.61 Å². The number of phosphoric ester groups is 1. The van der Waals surface area contributed by atoms with Crippen LogP contribution in [0.15, 0.2) is 12.2 Å². The number of nitrogens with zero attached hydrogens (tertiary/aromatic N) is 1. The molecule has 0 aromatic carbocycles. The van der Waals surface area contributed by atoms with Crippen LogP contribution in [0.3, 0.4) is 0 Å². The molecule has 0 saturated heterocycles. The zero-order valence-corrected chi connectivity index (χ0v) is 29.8. The van der Waals surface area contributed by atoms with Gasteiger partial charge in [0.15, 0.2) is 0 Å². The Balaban J connectivity index is 3.76. The summed E-state index contributed by atoms with van der Waals surface area (Å²) in [5.41, 5.74) is -0.413. The first-order valence-corrected chi connectivity index (χ1v) is 18.7. The van der Waals surface area contributed by atoms with Crippen molar-refractivity contribution >= 4 is 7.82 Å². The fraction of sp³-hybridized carbons (Fsp3) is 0.941. The van der Waals surface area contributed by atoms with Gasteiger partial charge >= 0.3 is 7.82 Å². The molecule has 0 aliphatic heterocycles. The second-order valence-corrected chi connectivity index (χ2v) is 15.3. The lowest BCUT2D eigenvalue weighted by atomic mass is 10.1. The fourth-order valence-electron chi connectivity index (χ4n) is 4.63. The number of hydrogen-bond donors (Lipinski definition) is 1. The van der Waals surface area contributed by atoms with E-state index in [1.165, 1.54) is 103 Å². The Morgan fingerprint density at radius 2 is 1.17 bits per heavy atom. The lowest BCUT2D eigenvalue weighted by molar-refractivity contribution is -0.870. The maximum absolute atomic E-state index is 12.2. The Morgan fingerprint density at radius 1 is 0.690 bits per heavy atom. The van der Waals surface area contributed by atoms with E-state index in [9.17, 15) is 9.46 Å². The average molecular weight is 621 g/mol. The highest BCUT2D eigenvalue weighted by Crippen LogP contribution is 2.43. The number of likely N-dealkylation sites (N-methyl/N-ethyl adjacent to an activating group) is 1. The molecule has 0 aromatic heterocycles. The van der Waals surface area contributed by atoms with E-state index in [1.807, 2.05) is 41.9 Å². The van der Waals surface area contributed by atoms with E-state index in [-0.39, 0.29) is 13.2 Å². The van der Waals surface area contributed by atoms with Gasteiger partial charge in [0.25, 0.3) is 0 Å². The maximum Gasteiger partial charge on any atom is 0.472 e. The van der Waals surface area contributed by atoms with Crippen LogP contribution in [0.2, 0.25) is 0 Å². The molecule has 0 fully saturated rings. The van der Waals surface area contributed by atoms with Crippen LogP contribution in [0, 0.1) is 0 Å². The van der Waals surface area contributed by atoms with Gasteiger partial charge in [-0.2, -0.15) is 0 Å². The highest BCUT2D eigenvalue weighted by Gasteiger charge is 2.27. The molecular formula is C34H71NO6P+. The second-order valence-electron chi connectivity index (χ2n) is 13.9. The fourth-order valence-corrected chi connectivity index (χ4v) is 5.38. The molecule has 7 nitrogen and oxygen atoms in total. The highest BCUT2D eigenvalue weighted by atomic mass is 31.2.